The third-order valence-corrected chi connectivity index (χ3v) is 5.48. The molecule has 0 spiro atoms. The van der Waals surface area contributed by atoms with E-state index in [2.05, 4.69) is 26.0 Å². The van der Waals surface area contributed by atoms with Gasteiger partial charge in [0.1, 0.15) is 11.3 Å². The van der Waals surface area contributed by atoms with Crippen LogP contribution in [0, 0.1) is 10.1 Å². The van der Waals surface area contributed by atoms with Crippen LogP contribution >= 0.6 is 15.9 Å². The molecule has 0 aliphatic carbocycles. The van der Waals surface area contributed by atoms with Crippen molar-refractivity contribution >= 4 is 49.7 Å². The molecule has 1 N–H and O–H groups in total. The van der Waals surface area contributed by atoms with E-state index >= 15 is 0 Å². The van der Waals surface area contributed by atoms with Gasteiger partial charge in [0.25, 0.3) is 11.2 Å². The van der Waals surface area contributed by atoms with Crippen LogP contribution in [0.4, 0.5) is 5.69 Å². The second-order valence-electron chi connectivity index (χ2n) is 7.11. The summed E-state index contributed by atoms with van der Waals surface area (Å²) >= 11 is 3.42. The molecule has 5 aromatic rings. The number of nitro benzene ring substituents is 1. The van der Waals surface area contributed by atoms with Gasteiger partial charge in [-0.3, -0.25) is 14.9 Å². The summed E-state index contributed by atoms with van der Waals surface area (Å²) in [5.41, 5.74) is 0.453. The SMILES string of the molecule is O=c1c2ccccc2nc(-c2cc3cc(Br)ccc3o2)n1N=Cc1cc([N+](=O)[O-])ccc1O. The van der Waals surface area contributed by atoms with Crippen molar-refractivity contribution in [3.8, 4) is 17.3 Å². The molecule has 0 amide bonds. The van der Waals surface area contributed by atoms with Gasteiger partial charge in [0.2, 0.25) is 5.82 Å². The lowest BCUT2D eigenvalue weighted by molar-refractivity contribution is -0.384. The smallest absolute Gasteiger partial charge is 0.282 e. The third-order valence-electron chi connectivity index (χ3n) is 4.99. The van der Waals surface area contributed by atoms with E-state index in [-0.39, 0.29) is 22.8 Å². The zero-order valence-electron chi connectivity index (χ0n) is 16.7. The van der Waals surface area contributed by atoms with Crippen molar-refractivity contribution in [1.29, 1.82) is 0 Å². The van der Waals surface area contributed by atoms with E-state index in [1.807, 2.05) is 12.1 Å². The van der Waals surface area contributed by atoms with Gasteiger partial charge in [-0.05, 0) is 42.5 Å². The Morgan fingerprint density at radius 3 is 2.76 bits per heavy atom. The monoisotopic (exact) mass is 504 g/mol. The van der Waals surface area contributed by atoms with Crippen molar-refractivity contribution in [2.75, 3.05) is 0 Å². The van der Waals surface area contributed by atoms with Gasteiger partial charge in [-0.2, -0.15) is 9.78 Å². The van der Waals surface area contributed by atoms with Crippen LogP contribution in [0.1, 0.15) is 5.56 Å². The zero-order valence-corrected chi connectivity index (χ0v) is 18.3. The molecule has 0 radical (unpaired) electrons. The Balaban J connectivity index is 1.73. The van der Waals surface area contributed by atoms with Gasteiger partial charge in [-0.15, -0.1) is 0 Å². The van der Waals surface area contributed by atoms with Gasteiger partial charge < -0.3 is 9.52 Å². The van der Waals surface area contributed by atoms with E-state index in [1.54, 1.807) is 36.4 Å². The molecule has 0 bridgehead atoms. The topological polar surface area (TPSA) is 124 Å². The Morgan fingerprint density at radius 2 is 1.94 bits per heavy atom. The number of aromatic nitrogens is 2. The first-order chi connectivity index (χ1) is 15.9. The second-order valence-corrected chi connectivity index (χ2v) is 8.02. The van der Waals surface area contributed by atoms with Crippen molar-refractivity contribution in [2.24, 2.45) is 5.10 Å². The number of phenolic OH excluding ortho intramolecular Hbond substituents is 1. The average molecular weight is 505 g/mol. The highest BCUT2D eigenvalue weighted by Gasteiger charge is 2.17. The number of para-hydroxylation sites is 1. The van der Waals surface area contributed by atoms with Crippen molar-refractivity contribution in [3.05, 3.63) is 97.2 Å². The van der Waals surface area contributed by atoms with Gasteiger partial charge in [0, 0.05) is 27.6 Å². The number of rotatable bonds is 4. The summed E-state index contributed by atoms with van der Waals surface area (Å²) < 4.78 is 7.84. The molecular weight excluding hydrogens is 492 g/mol. The summed E-state index contributed by atoms with van der Waals surface area (Å²) in [4.78, 5) is 28.3. The van der Waals surface area contributed by atoms with Crippen LogP contribution in [0.25, 0.3) is 33.5 Å². The lowest BCUT2D eigenvalue weighted by Crippen LogP contribution is -2.20. The fourth-order valence-electron chi connectivity index (χ4n) is 3.39. The average Bonchev–Trinajstić information content (AvgIpc) is 3.22. The van der Waals surface area contributed by atoms with E-state index in [1.165, 1.54) is 18.3 Å². The number of non-ortho nitro benzene ring substituents is 1. The largest absolute Gasteiger partial charge is 0.507 e. The van der Waals surface area contributed by atoms with Gasteiger partial charge in [0.15, 0.2) is 5.76 Å². The first kappa shape index (κ1) is 20.6. The number of hydrogen-bond donors (Lipinski definition) is 1. The second kappa shape index (κ2) is 7.99. The highest BCUT2D eigenvalue weighted by molar-refractivity contribution is 9.10. The quantitative estimate of drug-likeness (QED) is 0.207. The highest BCUT2D eigenvalue weighted by atomic mass is 79.9. The molecule has 9 nitrogen and oxygen atoms in total. The molecule has 0 aliphatic heterocycles. The minimum absolute atomic E-state index is 0.0729. The number of fused-ring (bicyclic) bond motifs is 2. The molecule has 0 aliphatic rings. The summed E-state index contributed by atoms with van der Waals surface area (Å²) in [5.74, 6) is 0.236. The van der Waals surface area contributed by atoms with Gasteiger partial charge in [-0.1, -0.05) is 28.1 Å². The maximum atomic E-state index is 13.3. The molecule has 2 heterocycles. The molecule has 0 unspecified atom stereocenters. The Kier molecular flexibility index (Phi) is 4.98. The van der Waals surface area contributed by atoms with Crippen LogP contribution in [0.5, 0.6) is 5.75 Å². The zero-order chi connectivity index (χ0) is 23.1. The molecule has 0 saturated heterocycles. The van der Waals surface area contributed by atoms with Crippen molar-refractivity contribution in [3.63, 3.8) is 0 Å². The van der Waals surface area contributed by atoms with E-state index < -0.39 is 10.5 Å². The number of halogens is 1. The van der Waals surface area contributed by atoms with E-state index in [4.69, 9.17) is 4.42 Å². The van der Waals surface area contributed by atoms with Crippen molar-refractivity contribution in [1.82, 2.24) is 9.66 Å². The van der Waals surface area contributed by atoms with Crippen LogP contribution in [0.15, 0.2) is 85.5 Å². The number of aromatic hydroxyl groups is 1. The first-order valence-electron chi connectivity index (χ1n) is 9.64. The van der Waals surface area contributed by atoms with Gasteiger partial charge >= 0.3 is 0 Å². The minimum Gasteiger partial charge on any atom is -0.507 e. The number of furan rings is 1. The Hall–Kier alpha value is -4.31. The van der Waals surface area contributed by atoms with Crippen LogP contribution in [-0.2, 0) is 0 Å². The Labute approximate surface area is 193 Å². The number of benzene rings is 3. The molecule has 2 aromatic heterocycles. The molecular formula is C23H13BrN4O5. The summed E-state index contributed by atoms with van der Waals surface area (Å²) in [6, 6.07) is 17.6. The molecule has 0 atom stereocenters. The maximum Gasteiger partial charge on any atom is 0.282 e. The lowest BCUT2D eigenvalue weighted by atomic mass is 10.2. The highest BCUT2D eigenvalue weighted by Crippen LogP contribution is 2.29. The van der Waals surface area contributed by atoms with Crippen LogP contribution in [0.3, 0.4) is 0 Å². The molecule has 0 saturated carbocycles. The van der Waals surface area contributed by atoms with Crippen molar-refractivity contribution in [2.45, 2.75) is 0 Å². The number of nitro groups is 1. The van der Waals surface area contributed by atoms with Gasteiger partial charge in [-0.25, -0.2) is 4.98 Å². The fraction of sp³-hybridized carbons (Fsp3) is 0. The summed E-state index contributed by atoms with van der Waals surface area (Å²) in [7, 11) is 0. The summed E-state index contributed by atoms with van der Waals surface area (Å²) in [6.07, 6.45) is 1.17. The molecule has 10 heteroatoms. The maximum absolute atomic E-state index is 13.3. The van der Waals surface area contributed by atoms with Crippen LogP contribution in [0.2, 0.25) is 0 Å². The Morgan fingerprint density at radius 1 is 1.12 bits per heavy atom. The molecule has 0 fully saturated rings. The first-order valence-corrected chi connectivity index (χ1v) is 10.4. The lowest BCUT2D eigenvalue weighted by Gasteiger charge is -2.07. The Bertz CT molecular complexity index is 1650. The van der Waals surface area contributed by atoms with Crippen molar-refractivity contribution < 1.29 is 14.4 Å². The van der Waals surface area contributed by atoms with E-state index in [0.717, 1.165) is 20.6 Å². The summed E-state index contributed by atoms with van der Waals surface area (Å²) in [5, 5.41) is 26.5. The standard InChI is InChI=1S/C23H13BrN4O5/c24-15-5-8-20-13(9-15)11-21(33-20)22-26-18-4-2-1-3-17(18)23(30)27(22)25-12-14-10-16(28(31)32)6-7-19(14)29/h1-12,29H. The predicted octanol–water partition coefficient (Wildman–Crippen LogP) is 5.07. The van der Waals surface area contributed by atoms with Crippen LogP contribution < -0.4 is 5.56 Å². The number of hydrogen-bond acceptors (Lipinski definition) is 7. The summed E-state index contributed by atoms with van der Waals surface area (Å²) in [6.45, 7) is 0. The normalized spacial score (nSPS) is 11.5. The third kappa shape index (κ3) is 3.76. The molecule has 5 rings (SSSR count). The van der Waals surface area contributed by atoms with Crippen LogP contribution in [-0.4, -0.2) is 25.9 Å². The number of phenols is 1. The number of nitrogens with zero attached hydrogens (tertiary/aromatic N) is 4. The molecule has 33 heavy (non-hydrogen) atoms. The van der Waals surface area contributed by atoms with E-state index in [0.29, 0.717) is 22.2 Å². The predicted molar refractivity (Wildman–Crippen MR) is 127 cm³/mol. The van der Waals surface area contributed by atoms with E-state index in [9.17, 15) is 20.0 Å². The minimum atomic E-state index is -0.585. The molecule has 3 aromatic carbocycles. The molecule has 162 valence electrons. The van der Waals surface area contributed by atoms with Gasteiger partial charge in [0.05, 0.1) is 22.0 Å². The fourth-order valence-corrected chi connectivity index (χ4v) is 3.77.